The minimum Gasteiger partial charge on any atom is -0.377 e. The van der Waals surface area contributed by atoms with E-state index in [9.17, 15) is 17.6 Å². The third-order valence-electron chi connectivity index (χ3n) is 4.02. The average molecular weight is 382 g/mol. The first-order valence-electron chi connectivity index (χ1n) is 7.81. The van der Waals surface area contributed by atoms with Crippen LogP contribution >= 0.6 is 0 Å². The summed E-state index contributed by atoms with van der Waals surface area (Å²) in [6.45, 7) is 3.86. The van der Waals surface area contributed by atoms with E-state index in [2.05, 4.69) is 15.0 Å². The number of aryl methyl sites for hydroxylation is 2. The first-order chi connectivity index (χ1) is 12.1. The molecule has 2 aromatic rings. The Bertz CT molecular complexity index is 967. The lowest BCUT2D eigenvalue weighted by Gasteiger charge is -2.38. The molecule has 0 spiro atoms. The van der Waals surface area contributed by atoms with Crippen molar-refractivity contribution < 1.29 is 22.3 Å². The summed E-state index contributed by atoms with van der Waals surface area (Å²) < 4.78 is 47.3. The molecule has 8 nitrogen and oxygen atoms in total. The Morgan fingerprint density at radius 1 is 1.38 bits per heavy atom. The minimum absolute atomic E-state index is 0.0216. The van der Waals surface area contributed by atoms with Crippen LogP contribution in [0.15, 0.2) is 29.4 Å². The number of hydrogen-bond donors (Lipinski definition) is 2. The van der Waals surface area contributed by atoms with Gasteiger partial charge in [-0.2, -0.15) is 4.39 Å². The summed E-state index contributed by atoms with van der Waals surface area (Å²) in [5.74, 6) is -1.14. The standard InChI is InChI=1S/C16H19FN4O4S/c1-10-4-11(6-18-14(10)17)19-15(22)13-5-12(7-21(13)3)26(23,24)20-16(2)8-25-9-16/h4-7,20H,8-9H2,1-3H3,(H,19,22). The molecule has 26 heavy (non-hydrogen) atoms. The maximum Gasteiger partial charge on any atom is 0.272 e. The van der Waals surface area contributed by atoms with Crippen molar-refractivity contribution in [1.29, 1.82) is 0 Å². The second kappa shape index (κ2) is 6.45. The summed E-state index contributed by atoms with van der Waals surface area (Å²) in [5.41, 5.74) is 0.103. The van der Waals surface area contributed by atoms with Crippen LogP contribution in [0, 0.1) is 12.9 Å². The molecule has 1 aliphatic heterocycles. The molecule has 0 aliphatic carbocycles. The number of carbonyl (C=O) groups excluding carboxylic acids is 1. The molecule has 1 saturated heterocycles. The topological polar surface area (TPSA) is 102 Å². The van der Waals surface area contributed by atoms with Gasteiger partial charge in [-0.3, -0.25) is 4.79 Å². The van der Waals surface area contributed by atoms with Crippen molar-refractivity contribution in [3.8, 4) is 0 Å². The molecular formula is C16H19FN4O4S. The van der Waals surface area contributed by atoms with Gasteiger partial charge < -0.3 is 14.6 Å². The molecule has 0 unspecified atom stereocenters. The first kappa shape index (κ1) is 18.5. The monoisotopic (exact) mass is 382 g/mol. The third-order valence-corrected chi connectivity index (χ3v) is 5.62. The molecule has 3 heterocycles. The molecule has 0 bridgehead atoms. The highest BCUT2D eigenvalue weighted by atomic mass is 32.2. The lowest BCUT2D eigenvalue weighted by atomic mass is 10.0. The lowest BCUT2D eigenvalue weighted by molar-refractivity contribution is -0.0523. The van der Waals surface area contributed by atoms with Crippen LogP contribution < -0.4 is 10.0 Å². The number of ether oxygens (including phenoxy) is 1. The van der Waals surface area contributed by atoms with Crippen molar-refractivity contribution >= 4 is 21.6 Å². The molecule has 0 saturated carbocycles. The van der Waals surface area contributed by atoms with Crippen LogP contribution in [0.25, 0.3) is 0 Å². The Morgan fingerprint density at radius 3 is 2.65 bits per heavy atom. The van der Waals surface area contributed by atoms with Gasteiger partial charge in [0.25, 0.3) is 5.91 Å². The number of nitrogens with zero attached hydrogens (tertiary/aromatic N) is 2. The number of pyridine rings is 1. The molecule has 2 aromatic heterocycles. The molecule has 0 atom stereocenters. The van der Waals surface area contributed by atoms with Crippen LogP contribution in [0.2, 0.25) is 0 Å². The third kappa shape index (κ3) is 3.62. The molecular weight excluding hydrogens is 363 g/mol. The highest BCUT2D eigenvalue weighted by Crippen LogP contribution is 2.22. The maximum atomic E-state index is 13.2. The number of amides is 1. The number of hydrogen-bond acceptors (Lipinski definition) is 5. The highest BCUT2D eigenvalue weighted by molar-refractivity contribution is 7.89. The van der Waals surface area contributed by atoms with Gasteiger partial charge in [0.2, 0.25) is 16.0 Å². The quantitative estimate of drug-likeness (QED) is 0.756. The van der Waals surface area contributed by atoms with E-state index < -0.39 is 27.4 Å². The van der Waals surface area contributed by atoms with Crippen molar-refractivity contribution in [3.63, 3.8) is 0 Å². The second-order valence-corrected chi connectivity index (χ2v) is 8.30. The fraction of sp³-hybridized carbons (Fsp3) is 0.375. The molecule has 3 rings (SSSR count). The van der Waals surface area contributed by atoms with Crippen molar-refractivity contribution in [2.75, 3.05) is 18.5 Å². The largest absolute Gasteiger partial charge is 0.377 e. The van der Waals surface area contributed by atoms with Crippen LogP contribution in [-0.4, -0.2) is 42.6 Å². The fourth-order valence-corrected chi connectivity index (χ4v) is 4.03. The van der Waals surface area contributed by atoms with E-state index in [1.54, 1.807) is 14.0 Å². The van der Waals surface area contributed by atoms with Crippen LogP contribution in [0.4, 0.5) is 10.1 Å². The van der Waals surface area contributed by atoms with Gasteiger partial charge in [0.1, 0.15) is 10.6 Å². The van der Waals surface area contributed by atoms with Crippen molar-refractivity contribution in [3.05, 3.63) is 41.7 Å². The zero-order valence-corrected chi connectivity index (χ0v) is 15.4. The SMILES string of the molecule is Cc1cc(NC(=O)c2cc(S(=O)(=O)NC3(C)COC3)cn2C)cnc1F. The Kier molecular flexibility index (Phi) is 4.59. The average Bonchev–Trinajstić information content (AvgIpc) is 2.92. The molecule has 140 valence electrons. The molecule has 0 aromatic carbocycles. The lowest BCUT2D eigenvalue weighted by Crippen LogP contribution is -2.59. The zero-order valence-electron chi connectivity index (χ0n) is 14.5. The smallest absolute Gasteiger partial charge is 0.272 e. The minimum atomic E-state index is -3.79. The number of sulfonamides is 1. The number of aromatic nitrogens is 2. The highest BCUT2D eigenvalue weighted by Gasteiger charge is 2.38. The summed E-state index contributed by atoms with van der Waals surface area (Å²) in [5, 5.41) is 2.58. The summed E-state index contributed by atoms with van der Waals surface area (Å²) in [6.07, 6.45) is 2.55. The van der Waals surface area contributed by atoms with Crippen molar-refractivity contribution in [2.24, 2.45) is 7.05 Å². The van der Waals surface area contributed by atoms with E-state index in [0.717, 1.165) is 0 Å². The van der Waals surface area contributed by atoms with Crippen molar-refractivity contribution in [1.82, 2.24) is 14.3 Å². The molecule has 1 amide bonds. The second-order valence-electron chi connectivity index (χ2n) is 6.62. The van der Waals surface area contributed by atoms with Gasteiger partial charge in [0.15, 0.2) is 0 Å². The van der Waals surface area contributed by atoms with Crippen LogP contribution in [0.5, 0.6) is 0 Å². The van der Waals surface area contributed by atoms with Gasteiger partial charge in [-0.15, -0.1) is 0 Å². The number of carbonyl (C=O) groups is 1. The van der Waals surface area contributed by atoms with E-state index >= 15 is 0 Å². The van der Waals surface area contributed by atoms with Crippen LogP contribution in [0.3, 0.4) is 0 Å². The summed E-state index contributed by atoms with van der Waals surface area (Å²) in [7, 11) is -2.23. The zero-order chi connectivity index (χ0) is 19.1. The predicted molar refractivity (Wildman–Crippen MR) is 91.8 cm³/mol. The molecule has 10 heteroatoms. The predicted octanol–water partition coefficient (Wildman–Crippen LogP) is 1.19. The van der Waals surface area contributed by atoms with E-state index in [1.807, 2.05) is 0 Å². The fourth-order valence-electron chi connectivity index (χ4n) is 2.58. The van der Waals surface area contributed by atoms with E-state index in [0.29, 0.717) is 18.9 Å². The summed E-state index contributed by atoms with van der Waals surface area (Å²) in [4.78, 5) is 16.0. The summed E-state index contributed by atoms with van der Waals surface area (Å²) in [6, 6.07) is 2.73. The Balaban J connectivity index is 1.80. The normalized spacial score (nSPS) is 16.2. The Labute approximate surface area is 150 Å². The number of halogens is 1. The van der Waals surface area contributed by atoms with Crippen LogP contribution in [-0.2, 0) is 21.8 Å². The Morgan fingerprint density at radius 2 is 2.08 bits per heavy atom. The van der Waals surface area contributed by atoms with Gasteiger partial charge >= 0.3 is 0 Å². The van der Waals surface area contributed by atoms with E-state index in [1.165, 1.54) is 36.0 Å². The molecule has 1 fully saturated rings. The Hall–Kier alpha value is -2.30. The van der Waals surface area contributed by atoms with E-state index in [-0.39, 0.29) is 16.2 Å². The van der Waals surface area contributed by atoms with Gasteiger partial charge in [-0.25, -0.2) is 18.1 Å². The van der Waals surface area contributed by atoms with E-state index in [4.69, 9.17) is 4.74 Å². The van der Waals surface area contributed by atoms with Gasteiger partial charge in [0.05, 0.1) is 30.6 Å². The maximum absolute atomic E-state index is 13.2. The van der Waals surface area contributed by atoms with Crippen molar-refractivity contribution in [2.45, 2.75) is 24.3 Å². The first-order valence-corrected chi connectivity index (χ1v) is 9.30. The van der Waals surface area contributed by atoms with Gasteiger partial charge in [-0.05, 0) is 26.0 Å². The van der Waals surface area contributed by atoms with Gasteiger partial charge in [-0.1, -0.05) is 0 Å². The summed E-state index contributed by atoms with van der Waals surface area (Å²) >= 11 is 0. The molecule has 0 radical (unpaired) electrons. The number of anilines is 1. The molecule has 1 aliphatic rings. The number of rotatable bonds is 5. The number of nitrogens with one attached hydrogen (secondary N) is 2. The molecule has 2 N–H and O–H groups in total. The van der Waals surface area contributed by atoms with Crippen LogP contribution in [0.1, 0.15) is 23.0 Å². The van der Waals surface area contributed by atoms with Gasteiger partial charge in [0, 0.05) is 18.8 Å².